The number of aromatic carboxylic acids is 1. The highest BCUT2D eigenvalue weighted by atomic mass is 32.1. The number of benzene rings is 1. The lowest BCUT2D eigenvalue weighted by Crippen LogP contribution is -2.18. The van der Waals surface area contributed by atoms with E-state index in [-0.39, 0.29) is 11.6 Å². The number of hydrogen-bond donors (Lipinski definition) is 3. The molecule has 106 valence electrons. The minimum absolute atomic E-state index is 0.149. The number of aryl methyl sites for hydroxylation is 1. The van der Waals surface area contributed by atoms with Gasteiger partial charge in [0, 0.05) is 28.7 Å². The fourth-order valence-electron chi connectivity index (χ4n) is 2.12. The minimum Gasteiger partial charge on any atom is -0.478 e. The second-order valence-electron chi connectivity index (χ2n) is 4.89. The van der Waals surface area contributed by atoms with Crippen molar-refractivity contribution >= 4 is 28.7 Å². The zero-order chi connectivity index (χ0) is 14.7. The molecule has 1 aromatic carbocycles. The van der Waals surface area contributed by atoms with Crippen LogP contribution in [0, 0.1) is 6.92 Å². The first-order valence-electron chi connectivity index (χ1n) is 6.39. The van der Waals surface area contributed by atoms with E-state index in [4.69, 9.17) is 10.8 Å². The van der Waals surface area contributed by atoms with Crippen LogP contribution in [0.25, 0.3) is 0 Å². The normalized spacial score (nSPS) is 12.1. The summed E-state index contributed by atoms with van der Waals surface area (Å²) in [7, 11) is 0. The Balaban J connectivity index is 2.15. The van der Waals surface area contributed by atoms with E-state index < -0.39 is 5.97 Å². The Morgan fingerprint density at radius 1 is 1.50 bits per heavy atom. The Labute approximate surface area is 122 Å². The number of carbonyl (C=O) groups is 1. The van der Waals surface area contributed by atoms with Gasteiger partial charge in [0.15, 0.2) is 0 Å². The second kappa shape index (κ2) is 5.96. The van der Waals surface area contributed by atoms with Crippen LogP contribution in [0.2, 0.25) is 0 Å². The average Bonchev–Trinajstić information content (AvgIpc) is 2.85. The summed E-state index contributed by atoms with van der Waals surface area (Å²) in [5, 5.41) is 14.5. The molecular formula is C15H18N2O2S. The van der Waals surface area contributed by atoms with Crippen LogP contribution in [-0.2, 0) is 6.42 Å². The molecule has 0 amide bonds. The van der Waals surface area contributed by atoms with Gasteiger partial charge in [-0.05, 0) is 43.0 Å². The van der Waals surface area contributed by atoms with Gasteiger partial charge in [0.1, 0.15) is 0 Å². The molecule has 2 rings (SSSR count). The summed E-state index contributed by atoms with van der Waals surface area (Å²) in [4.78, 5) is 12.5. The van der Waals surface area contributed by atoms with E-state index in [9.17, 15) is 4.79 Å². The molecule has 0 radical (unpaired) electrons. The van der Waals surface area contributed by atoms with Crippen molar-refractivity contribution in [2.24, 2.45) is 0 Å². The van der Waals surface area contributed by atoms with Crippen LogP contribution < -0.4 is 11.1 Å². The first kappa shape index (κ1) is 14.4. The highest BCUT2D eigenvalue weighted by molar-refractivity contribution is 7.09. The molecular weight excluding hydrogens is 272 g/mol. The van der Waals surface area contributed by atoms with Crippen molar-refractivity contribution in [1.29, 1.82) is 0 Å². The molecule has 20 heavy (non-hydrogen) atoms. The van der Waals surface area contributed by atoms with Crippen molar-refractivity contribution in [3.8, 4) is 0 Å². The number of carboxylic acid groups (broad SMARTS) is 1. The Morgan fingerprint density at radius 3 is 2.85 bits per heavy atom. The number of carboxylic acids is 1. The maximum Gasteiger partial charge on any atom is 0.337 e. The topological polar surface area (TPSA) is 75.3 Å². The fourth-order valence-corrected chi connectivity index (χ4v) is 2.96. The lowest BCUT2D eigenvalue weighted by atomic mass is 10.1. The predicted molar refractivity (Wildman–Crippen MR) is 83.7 cm³/mol. The average molecular weight is 290 g/mol. The number of anilines is 2. The molecule has 0 saturated carbocycles. The van der Waals surface area contributed by atoms with E-state index in [1.807, 2.05) is 19.1 Å². The highest BCUT2D eigenvalue weighted by Crippen LogP contribution is 2.24. The molecule has 0 aliphatic rings. The molecule has 0 saturated heterocycles. The van der Waals surface area contributed by atoms with Gasteiger partial charge in [-0.25, -0.2) is 4.79 Å². The van der Waals surface area contributed by atoms with E-state index in [0.717, 1.165) is 17.7 Å². The van der Waals surface area contributed by atoms with Gasteiger partial charge in [-0.3, -0.25) is 0 Å². The summed E-state index contributed by atoms with van der Waals surface area (Å²) in [6, 6.07) is 7.82. The third-order valence-electron chi connectivity index (χ3n) is 3.12. The molecule has 1 heterocycles. The lowest BCUT2D eigenvalue weighted by molar-refractivity contribution is 0.0698. The Kier molecular flexibility index (Phi) is 4.29. The van der Waals surface area contributed by atoms with Crippen molar-refractivity contribution in [3.05, 3.63) is 45.6 Å². The Morgan fingerprint density at radius 2 is 2.25 bits per heavy atom. The SMILES string of the molecule is Cc1cc(NC(C)Cc2cccs2)cc(C(=O)O)c1N. The maximum atomic E-state index is 11.2. The zero-order valence-corrected chi connectivity index (χ0v) is 12.3. The largest absolute Gasteiger partial charge is 0.478 e. The quantitative estimate of drug-likeness (QED) is 0.738. The van der Waals surface area contributed by atoms with Crippen LogP contribution in [0.1, 0.15) is 27.7 Å². The van der Waals surface area contributed by atoms with Crippen molar-refractivity contribution in [1.82, 2.24) is 0 Å². The van der Waals surface area contributed by atoms with E-state index in [0.29, 0.717) is 5.69 Å². The summed E-state index contributed by atoms with van der Waals surface area (Å²) >= 11 is 1.72. The smallest absolute Gasteiger partial charge is 0.337 e. The molecule has 0 aliphatic carbocycles. The number of nitrogens with two attached hydrogens (primary N) is 1. The fraction of sp³-hybridized carbons (Fsp3) is 0.267. The molecule has 1 atom stereocenters. The summed E-state index contributed by atoms with van der Waals surface area (Å²) in [5.41, 5.74) is 7.83. The number of nitrogens with one attached hydrogen (secondary N) is 1. The monoisotopic (exact) mass is 290 g/mol. The zero-order valence-electron chi connectivity index (χ0n) is 11.5. The number of nitrogen functional groups attached to an aromatic ring is 1. The molecule has 2 aromatic rings. The van der Waals surface area contributed by atoms with E-state index in [1.54, 1.807) is 17.4 Å². The van der Waals surface area contributed by atoms with Gasteiger partial charge in [0.2, 0.25) is 0 Å². The van der Waals surface area contributed by atoms with Crippen LogP contribution in [0.5, 0.6) is 0 Å². The molecule has 1 aromatic heterocycles. The van der Waals surface area contributed by atoms with Crippen molar-refractivity contribution in [3.63, 3.8) is 0 Å². The molecule has 0 spiro atoms. The molecule has 5 heteroatoms. The van der Waals surface area contributed by atoms with E-state index in [1.165, 1.54) is 4.88 Å². The van der Waals surface area contributed by atoms with Gasteiger partial charge in [-0.15, -0.1) is 11.3 Å². The van der Waals surface area contributed by atoms with Gasteiger partial charge in [-0.2, -0.15) is 0 Å². The van der Waals surface area contributed by atoms with Gasteiger partial charge in [0.05, 0.1) is 5.56 Å². The van der Waals surface area contributed by atoms with E-state index in [2.05, 4.69) is 23.7 Å². The van der Waals surface area contributed by atoms with Gasteiger partial charge < -0.3 is 16.2 Å². The van der Waals surface area contributed by atoms with Gasteiger partial charge in [-0.1, -0.05) is 6.07 Å². The number of hydrogen-bond acceptors (Lipinski definition) is 4. The minimum atomic E-state index is -1.000. The standard InChI is InChI=1S/C15H18N2O2S/c1-9-6-11(8-13(14(9)16)15(18)19)17-10(2)7-12-4-3-5-20-12/h3-6,8,10,17H,7,16H2,1-2H3,(H,18,19). The van der Waals surface area contributed by atoms with Gasteiger partial charge in [0.25, 0.3) is 0 Å². The lowest BCUT2D eigenvalue weighted by Gasteiger charge is -2.16. The third kappa shape index (κ3) is 3.30. The second-order valence-corrected chi connectivity index (χ2v) is 5.92. The molecule has 0 fully saturated rings. The number of thiophene rings is 1. The predicted octanol–water partition coefficient (Wildman–Crippen LogP) is 3.38. The molecule has 0 bridgehead atoms. The Bertz CT molecular complexity index is 609. The first-order chi connectivity index (χ1) is 9.47. The summed E-state index contributed by atoms with van der Waals surface area (Å²) in [6.45, 7) is 3.89. The Hall–Kier alpha value is -2.01. The van der Waals surface area contributed by atoms with Crippen LogP contribution in [0.15, 0.2) is 29.6 Å². The van der Waals surface area contributed by atoms with Crippen LogP contribution in [-0.4, -0.2) is 17.1 Å². The van der Waals surface area contributed by atoms with Crippen LogP contribution in [0.3, 0.4) is 0 Å². The molecule has 0 aliphatic heterocycles. The first-order valence-corrected chi connectivity index (χ1v) is 7.27. The maximum absolute atomic E-state index is 11.2. The van der Waals surface area contributed by atoms with Crippen molar-refractivity contribution in [2.75, 3.05) is 11.1 Å². The van der Waals surface area contributed by atoms with Crippen LogP contribution in [0.4, 0.5) is 11.4 Å². The van der Waals surface area contributed by atoms with Crippen molar-refractivity contribution < 1.29 is 9.90 Å². The van der Waals surface area contributed by atoms with E-state index >= 15 is 0 Å². The van der Waals surface area contributed by atoms with Crippen LogP contribution >= 0.6 is 11.3 Å². The highest BCUT2D eigenvalue weighted by Gasteiger charge is 2.13. The molecule has 1 unspecified atom stereocenters. The van der Waals surface area contributed by atoms with Gasteiger partial charge >= 0.3 is 5.97 Å². The summed E-state index contributed by atoms with van der Waals surface area (Å²) < 4.78 is 0. The summed E-state index contributed by atoms with van der Waals surface area (Å²) in [5.74, 6) is -1.000. The van der Waals surface area contributed by atoms with Crippen molar-refractivity contribution in [2.45, 2.75) is 26.3 Å². The third-order valence-corrected chi connectivity index (χ3v) is 4.02. The molecule has 4 N–H and O–H groups in total. The summed E-state index contributed by atoms with van der Waals surface area (Å²) in [6.07, 6.45) is 0.906. The molecule has 4 nitrogen and oxygen atoms in total. The number of rotatable bonds is 5.